The molecule has 5 rings (SSSR count). The number of fused-ring (bicyclic) bond motifs is 1. The molecular formula is C26H26ClN5O3S2. The number of anilines is 1. The maximum absolute atomic E-state index is 12.5. The minimum atomic E-state index is -0.413. The molecule has 4 aromatic rings. The second-order valence-electron chi connectivity index (χ2n) is 8.70. The summed E-state index contributed by atoms with van der Waals surface area (Å²) in [5.74, 6) is 1.02. The molecule has 3 aromatic heterocycles. The number of hydrazine groups is 1. The molecule has 0 bridgehead atoms. The van der Waals surface area contributed by atoms with E-state index in [1.54, 1.807) is 18.3 Å². The number of rotatable bonds is 9. The fourth-order valence-electron chi connectivity index (χ4n) is 3.75. The fourth-order valence-corrected chi connectivity index (χ4v) is 5.47. The third-order valence-corrected chi connectivity index (χ3v) is 7.48. The van der Waals surface area contributed by atoms with Gasteiger partial charge in [0.25, 0.3) is 11.8 Å². The van der Waals surface area contributed by atoms with Gasteiger partial charge in [0.2, 0.25) is 0 Å². The van der Waals surface area contributed by atoms with Crippen molar-refractivity contribution in [2.45, 2.75) is 13.3 Å². The van der Waals surface area contributed by atoms with E-state index in [1.165, 1.54) is 17.4 Å². The quantitative estimate of drug-likeness (QED) is 0.290. The van der Waals surface area contributed by atoms with E-state index in [-0.39, 0.29) is 18.3 Å². The Morgan fingerprint density at radius 1 is 1.11 bits per heavy atom. The third kappa shape index (κ3) is 5.99. The smallest absolute Gasteiger partial charge is 0.275 e. The van der Waals surface area contributed by atoms with E-state index in [0.717, 1.165) is 42.8 Å². The SMILES string of the molecule is CC1=CC(=O)N(Nc2nc(-c3cccs3)nc3sc(Cc4cccc(OCCN(C)C)c4)cc23)C1=O.Cl. The number of aromatic nitrogens is 2. The number of carbonyl (C=O) groups is 2. The van der Waals surface area contributed by atoms with Crippen LogP contribution in [0.25, 0.3) is 20.9 Å². The number of amides is 2. The molecule has 1 aliphatic heterocycles. The zero-order chi connectivity index (χ0) is 25.2. The normalized spacial score (nSPS) is 13.3. The van der Waals surface area contributed by atoms with Gasteiger partial charge in [-0.05, 0) is 56.2 Å². The van der Waals surface area contributed by atoms with Crippen LogP contribution in [0.1, 0.15) is 17.4 Å². The van der Waals surface area contributed by atoms with Crippen LogP contribution in [0.3, 0.4) is 0 Å². The lowest BCUT2D eigenvalue weighted by Gasteiger charge is -2.17. The van der Waals surface area contributed by atoms with Gasteiger partial charge in [0.15, 0.2) is 11.6 Å². The Hall–Kier alpha value is -3.31. The Labute approximate surface area is 229 Å². The van der Waals surface area contributed by atoms with Gasteiger partial charge >= 0.3 is 0 Å². The second-order valence-corrected chi connectivity index (χ2v) is 10.8. The maximum atomic E-state index is 12.5. The van der Waals surface area contributed by atoms with Crippen molar-refractivity contribution in [3.8, 4) is 16.5 Å². The number of ether oxygens (including phenoxy) is 1. The number of imide groups is 1. The van der Waals surface area contributed by atoms with Crippen molar-refractivity contribution in [3.63, 3.8) is 0 Å². The lowest BCUT2D eigenvalue weighted by atomic mass is 10.1. The predicted molar refractivity (Wildman–Crippen MR) is 151 cm³/mol. The van der Waals surface area contributed by atoms with Crippen LogP contribution in [0.5, 0.6) is 5.75 Å². The van der Waals surface area contributed by atoms with Gasteiger partial charge in [-0.3, -0.25) is 15.0 Å². The van der Waals surface area contributed by atoms with E-state index in [1.807, 2.05) is 49.8 Å². The molecule has 0 saturated heterocycles. The van der Waals surface area contributed by atoms with Crippen molar-refractivity contribution in [2.75, 3.05) is 32.7 Å². The van der Waals surface area contributed by atoms with Gasteiger partial charge in [-0.25, -0.2) is 9.97 Å². The molecule has 0 fully saturated rings. The van der Waals surface area contributed by atoms with Gasteiger partial charge in [0.1, 0.15) is 17.2 Å². The Kier molecular flexibility index (Phi) is 8.23. The molecular weight excluding hydrogens is 530 g/mol. The number of thiophene rings is 2. The van der Waals surface area contributed by atoms with Crippen LogP contribution in [-0.2, 0) is 16.0 Å². The Morgan fingerprint density at radius 2 is 1.95 bits per heavy atom. The molecule has 0 spiro atoms. The first-order valence-electron chi connectivity index (χ1n) is 11.4. The van der Waals surface area contributed by atoms with Gasteiger partial charge in [-0.1, -0.05) is 18.2 Å². The Morgan fingerprint density at radius 3 is 2.65 bits per heavy atom. The number of carbonyl (C=O) groups excluding carboxylic acids is 2. The first-order valence-corrected chi connectivity index (χ1v) is 13.1. The van der Waals surface area contributed by atoms with Gasteiger partial charge in [0, 0.05) is 29.5 Å². The van der Waals surface area contributed by atoms with Gasteiger partial charge in [0.05, 0.1) is 10.3 Å². The number of hydrogen-bond donors (Lipinski definition) is 1. The van der Waals surface area contributed by atoms with Crippen molar-refractivity contribution in [1.29, 1.82) is 0 Å². The fraction of sp³-hybridized carbons (Fsp3) is 0.231. The van der Waals surface area contributed by atoms with E-state index in [2.05, 4.69) is 27.4 Å². The Bertz CT molecular complexity index is 1470. The molecule has 1 aliphatic rings. The number of nitrogens with zero attached hydrogens (tertiary/aromatic N) is 4. The molecule has 1 aromatic carbocycles. The highest BCUT2D eigenvalue weighted by Gasteiger charge is 2.30. The lowest BCUT2D eigenvalue weighted by molar-refractivity contribution is -0.135. The van der Waals surface area contributed by atoms with E-state index in [0.29, 0.717) is 30.2 Å². The molecule has 8 nitrogen and oxygen atoms in total. The van der Waals surface area contributed by atoms with Gasteiger partial charge in [-0.2, -0.15) is 5.01 Å². The topological polar surface area (TPSA) is 87.7 Å². The second kappa shape index (κ2) is 11.4. The average Bonchev–Trinajstić information content (AvgIpc) is 3.56. The molecule has 0 atom stereocenters. The number of nitrogens with one attached hydrogen (secondary N) is 1. The first-order chi connectivity index (χ1) is 17.4. The number of halogens is 1. The van der Waals surface area contributed by atoms with Crippen LogP contribution in [-0.4, -0.2) is 58.9 Å². The van der Waals surface area contributed by atoms with Crippen LogP contribution in [0, 0.1) is 0 Å². The van der Waals surface area contributed by atoms with Crippen molar-refractivity contribution in [1.82, 2.24) is 19.9 Å². The summed E-state index contributed by atoms with van der Waals surface area (Å²) in [5.41, 5.74) is 4.46. The molecule has 0 radical (unpaired) electrons. The lowest BCUT2D eigenvalue weighted by Crippen LogP contribution is -2.36. The number of benzene rings is 1. The zero-order valence-corrected chi connectivity index (χ0v) is 23.0. The Balaban J connectivity index is 0.00000320. The minimum Gasteiger partial charge on any atom is -0.492 e. The van der Waals surface area contributed by atoms with Crippen molar-refractivity contribution >= 4 is 62.9 Å². The summed E-state index contributed by atoms with van der Waals surface area (Å²) in [6, 6.07) is 14.0. The predicted octanol–water partition coefficient (Wildman–Crippen LogP) is 5.01. The summed E-state index contributed by atoms with van der Waals surface area (Å²) >= 11 is 3.10. The summed E-state index contributed by atoms with van der Waals surface area (Å²) in [5, 5.41) is 3.73. The monoisotopic (exact) mass is 555 g/mol. The third-order valence-electron chi connectivity index (χ3n) is 5.59. The van der Waals surface area contributed by atoms with Crippen LogP contribution in [0.2, 0.25) is 0 Å². The molecule has 37 heavy (non-hydrogen) atoms. The molecule has 0 unspecified atom stereocenters. The molecule has 11 heteroatoms. The number of hydrogen-bond acceptors (Lipinski definition) is 9. The highest BCUT2D eigenvalue weighted by atomic mass is 35.5. The van der Waals surface area contributed by atoms with Crippen molar-refractivity contribution in [3.05, 3.63) is 69.9 Å². The highest BCUT2D eigenvalue weighted by Crippen LogP contribution is 2.34. The zero-order valence-electron chi connectivity index (χ0n) is 20.6. The minimum absolute atomic E-state index is 0. The summed E-state index contributed by atoms with van der Waals surface area (Å²) in [4.78, 5) is 39.2. The van der Waals surface area contributed by atoms with Gasteiger partial charge < -0.3 is 9.64 Å². The summed E-state index contributed by atoms with van der Waals surface area (Å²) in [6.07, 6.45) is 2.02. The van der Waals surface area contributed by atoms with Crippen molar-refractivity contribution in [2.24, 2.45) is 0 Å². The summed E-state index contributed by atoms with van der Waals surface area (Å²) in [6.45, 7) is 3.09. The van der Waals surface area contributed by atoms with E-state index in [4.69, 9.17) is 9.72 Å². The summed E-state index contributed by atoms with van der Waals surface area (Å²) in [7, 11) is 4.04. The van der Waals surface area contributed by atoms with E-state index >= 15 is 0 Å². The molecule has 192 valence electrons. The average molecular weight is 556 g/mol. The van der Waals surface area contributed by atoms with Crippen LogP contribution >= 0.6 is 35.1 Å². The van der Waals surface area contributed by atoms with E-state index < -0.39 is 5.91 Å². The molecule has 0 aliphatic carbocycles. The standard InChI is InChI=1S/C26H25N5O3S2.ClH/c1-16-12-22(32)31(26(16)33)29-23-20-15-19(36-25(20)28-24(27-23)21-8-5-11-35-21)14-17-6-4-7-18(13-17)34-10-9-30(2)3;/h4-8,11-13,15H,9-10,14H2,1-3H3,(H,27,28,29);1H. The van der Waals surface area contributed by atoms with Crippen LogP contribution in [0.15, 0.2) is 59.5 Å². The van der Waals surface area contributed by atoms with Gasteiger partial charge in [-0.15, -0.1) is 35.1 Å². The first kappa shape index (κ1) is 26.7. The molecule has 4 heterocycles. The van der Waals surface area contributed by atoms with Crippen LogP contribution < -0.4 is 10.2 Å². The highest BCUT2D eigenvalue weighted by molar-refractivity contribution is 7.18. The number of likely N-dealkylation sites (N-methyl/N-ethyl adjacent to an activating group) is 1. The molecule has 1 N–H and O–H groups in total. The largest absolute Gasteiger partial charge is 0.492 e. The van der Waals surface area contributed by atoms with Crippen LogP contribution in [0.4, 0.5) is 5.82 Å². The molecule has 2 amide bonds. The van der Waals surface area contributed by atoms with Crippen molar-refractivity contribution < 1.29 is 14.3 Å². The maximum Gasteiger partial charge on any atom is 0.275 e. The summed E-state index contributed by atoms with van der Waals surface area (Å²) < 4.78 is 5.89. The van der Waals surface area contributed by atoms with E-state index in [9.17, 15) is 9.59 Å². The molecule has 0 saturated carbocycles.